The van der Waals surface area contributed by atoms with Crippen LogP contribution >= 0.6 is 11.6 Å². The summed E-state index contributed by atoms with van der Waals surface area (Å²) in [6.07, 6.45) is 1.51. The van der Waals surface area contributed by atoms with E-state index in [1.54, 1.807) is 18.2 Å². The zero-order valence-corrected chi connectivity index (χ0v) is 22.5. The van der Waals surface area contributed by atoms with E-state index in [2.05, 4.69) is 15.5 Å². The van der Waals surface area contributed by atoms with Gasteiger partial charge in [0.25, 0.3) is 5.91 Å². The van der Waals surface area contributed by atoms with Crippen LogP contribution < -0.4 is 15.4 Å². The van der Waals surface area contributed by atoms with Gasteiger partial charge in [-0.05, 0) is 68.6 Å². The predicted molar refractivity (Wildman–Crippen MR) is 148 cm³/mol. The van der Waals surface area contributed by atoms with Crippen molar-refractivity contribution in [1.82, 2.24) is 4.90 Å². The van der Waals surface area contributed by atoms with Crippen LogP contribution in [0.1, 0.15) is 46.8 Å². The highest BCUT2D eigenvalue weighted by Crippen LogP contribution is 2.68. The number of fused-ring (bicyclic) bond motifs is 7. The van der Waals surface area contributed by atoms with E-state index in [0.717, 1.165) is 12.0 Å². The van der Waals surface area contributed by atoms with Crippen molar-refractivity contribution in [1.29, 1.82) is 0 Å². The number of carbonyl (C=O) groups is 3. The molecule has 0 aromatic heterocycles. The summed E-state index contributed by atoms with van der Waals surface area (Å²) in [7, 11) is 0. The highest BCUT2D eigenvalue weighted by molar-refractivity contribution is 6.32. The average molecular weight is 542 g/mol. The summed E-state index contributed by atoms with van der Waals surface area (Å²) in [6.45, 7) is 4.74. The van der Waals surface area contributed by atoms with E-state index < -0.39 is 16.9 Å². The van der Waals surface area contributed by atoms with Crippen LogP contribution in [0.3, 0.4) is 0 Å². The maximum Gasteiger partial charge on any atom is 0.251 e. The molecule has 2 saturated heterocycles. The average Bonchev–Trinajstić information content (AvgIpc) is 3.65. The van der Waals surface area contributed by atoms with E-state index in [9.17, 15) is 14.4 Å². The third-order valence-electron chi connectivity index (χ3n) is 9.20. The molecule has 0 saturated carbocycles. The lowest BCUT2D eigenvalue weighted by atomic mass is 9.57. The minimum atomic E-state index is -1.50. The van der Waals surface area contributed by atoms with Crippen molar-refractivity contribution in [2.45, 2.75) is 43.7 Å². The number of Topliss-reactive ketones (excluding diaryl/α,β-unsaturated/α-hetero) is 1. The van der Waals surface area contributed by atoms with Crippen LogP contribution in [0.25, 0.3) is 0 Å². The number of carbonyl (C=O) groups excluding carboxylic acids is 3. The number of benzene rings is 3. The number of halogens is 1. The molecule has 4 aliphatic rings. The van der Waals surface area contributed by atoms with Gasteiger partial charge in [-0.15, -0.1) is 0 Å². The van der Waals surface area contributed by atoms with E-state index in [4.69, 9.17) is 16.3 Å². The number of hydrogen-bond donors (Lipinski definition) is 2. The molecule has 2 N–H and O–H groups in total. The Hall–Kier alpha value is -3.68. The first-order valence-electron chi connectivity index (χ1n) is 13.4. The number of anilines is 2. The molecule has 2 spiro atoms. The van der Waals surface area contributed by atoms with Crippen molar-refractivity contribution >= 4 is 40.6 Å². The van der Waals surface area contributed by atoms with E-state index >= 15 is 0 Å². The number of nitrogens with zero attached hydrogens (tertiary/aromatic N) is 1. The number of ether oxygens (including phenoxy) is 1. The minimum Gasteiger partial charge on any atom is -0.493 e. The Kier molecular flexibility index (Phi) is 5.25. The second kappa shape index (κ2) is 8.41. The van der Waals surface area contributed by atoms with Gasteiger partial charge in [-0.3, -0.25) is 19.3 Å². The van der Waals surface area contributed by atoms with E-state index in [1.807, 2.05) is 56.3 Å². The number of amides is 2. The van der Waals surface area contributed by atoms with Gasteiger partial charge in [-0.1, -0.05) is 48.0 Å². The summed E-state index contributed by atoms with van der Waals surface area (Å²) >= 11 is 6.50. The topological polar surface area (TPSA) is 87.7 Å². The van der Waals surface area contributed by atoms with E-state index in [-0.39, 0.29) is 23.6 Å². The third-order valence-corrected chi connectivity index (χ3v) is 9.61. The normalized spacial score (nSPS) is 28.4. The van der Waals surface area contributed by atoms with Crippen molar-refractivity contribution in [3.63, 3.8) is 0 Å². The largest absolute Gasteiger partial charge is 0.493 e. The SMILES string of the molecule is CCOc1ccccc1C(=O)[C@H]1[C@H]2CCCN2[C@]2(C(=O)Nc3c2ccc(Cl)c3C)[C@]12C(=O)Nc1ccccc12. The molecule has 8 heteroatoms. The van der Waals surface area contributed by atoms with Gasteiger partial charge in [-0.2, -0.15) is 0 Å². The van der Waals surface area contributed by atoms with Crippen LogP contribution in [0.5, 0.6) is 5.75 Å². The second-order valence-corrected chi connectivity index (χ2v) is 11.1. The Morgan fingerprint density at radius 3 is 2.62 bits per heavy atom. The van der Waals surface area contributed by atoms with Crippen LogP contribution in [0, 0.1) is 12.8 Å². The van der Waals surface area contributed by atoms with Crippen molar-refractivity contribution in [3.8, 4) is 5.75 Å². The van der Waals surface area contributed by atoms with E-state index in [1.165, 1.54) is 0 Å². The van der Waals surface area contributed by atoms with Crippen LogP contribution in [-0.2, 0) is 20.5 Å². The zero-order valence-electron chi connectivity index (χ0n) is 21.7. The number of hydrogen-bond acceptors (Lipinski definition) is 5. The first-order chi connectivity index (χ1) is 18.9. The summed E-state index contributed by atoms with van der Waals surface area (Å²) in [5.41, 5.74) is 0.873. The lowest BCUT2D eigenvalue weighted by Crippen LogP contribution is -2.62. The van der Waals surface area contributed by atoms with Crippen LogP contribution in [0.2, 0.25) is 5.02 Å². The molecule has 39 heavy (non-hydrogen) atoms. The van der Waals surface area contributed by atoms with Gasteiger partial charge in [0.1, 0.15) is 16.7 Å². The molecule has 0 radical (unpaired) electrons. The Labute approximate surface area is 231 Å². The number of para-hydroxylation sites is 2. The molecule has 3 aromatic carbocycles. The molecule has 0 unspecified atom stereocenters. The van der Waals surface area contributed by atoms with Gasteiger partial charge in [0.2, 0.25) is 5.91 Å². The number of nitrogens with one attached hydrogen (secondary N) is 2. The van der Waals surface area contributed by atoms with Gasteiger partial charge in [0.15, 0.2) is 5.78 Å². The molecule has 4 heterocycles. The molecular formula is C31H28ClN3O4. The molecule has 0 aliphatic carbocycles. The lowest BCUT2D eigenvalue weighted by Gasteiger charge is -2.43. The Morgan fingerprint density at radius 1 is 1.03 bits per heavy atom. The standard InChI is InChI=1S/C31H28ClN3O4/c1-3-39-24-13-7-4-9-18(24)27(36)25-23-12-8-16-35(23)31(20-14-15-21(32)17(2)26(20)34-29(31)38)30(25)19-10-5-6-11-22(19)33-28(30)37/h4-7,9-11,13-15,23,25H,3,8,12,16H2,1-2H3,(H,33,37)(H,34,38)/t23-,25-,30+,31-/m1/s1. The molecule has 7 rings (SSSR count). The molecule has 2 fully saturated rings. The molecule has 7 nitrogen and oxygen atoms in total. The monoisotopic (exact) mass is 541 g/mol. The van der Waals surface area contributed by atoms with Gasteiger partial charge < -0.3 is 15.4 Å². The molecule has 4 atom stereocenters. The number of ketones is 1. The fraction of sp³-hybridized carbons (Fsp3) is 0.323. The first kappa shape index (κ1) is 24.4. The third kappa shape index (κ3) is 2.79. The van der Waals surface area contributed by atoms with Crippen LogP contribution in [0.15, 0.2) is 60.7 Å². The molecule has 2 amide bonds. The van der Waals surface area contributed by atoms with Crippen molar-refractivity contribution < 1.29 is 19.1 Å². The highest BCUT2D eigenvalue weighted by Gasteiger charge is 2.81. The zero-order chi connectivity index (χ0) is 27.1. The highest BCUT2D eigenvalue weighted by atomic mass is 35.5. The summed E-state index contributed by atoms with van der Waals surface area (Å²) in [5.74, 6) is -1.16. The molecule has 0 bridgehead atoms. The first-order valence-corrected chi connectivity index (χ1v) is 13.8. The lowest BCUT2D eigenvalue weighted by molar-refractivity contribution is -0.137. The summed E-state index contributed by atoms with van der Waals surface area (Å²) in [5, 5.41) is 6.71. The number of rotatable bonds is 4. The molecular weight excluding hydrogens is 514 g/mol. The Bertz CT molecular complexity index is 1590. The molecule has 3 aromatic rings. The van der Waals surface area contributed by atoms with Crippen LogP contribution in [0.4, 0.5) is 11.4 Å². The van der Waals surface area contributed by atoms with E-state index in [0.29, 0.717) is 58.4 Å². The van der Waals surface area contributed by atoms with Crippen molar-refractivity contribution in [3.05, 3.63) is 87.9 Å². The minimum absolute atomic E-state index is 0.188. The Balaban J connectivity index is 1.58. The predicted octanol–water partition coefficient (Wildman–Crippen LogP) is 5.06. The summed E-state index contributed by atoms with van der Waals surface area (Å²) < 4.78 is 5.87. The van der Waals surface area contributed by atoms with Gasteiger partial charge in [0, 0.05) is 22.3 Å². The van der Waals surface area contributed by atoms with Gasteiger partial charge in [0.05, 0.1) is 23.8 Å². The summed E-state index contributed by atoms with van der Waals surface area (Å²) in [4.78, 5) is 46.1. The molecule has 4 aliphatic heterocycles. The Morgan fingerprint density at radius 2 is 1.79 bits per heavy atom. The smallest absolute Gasteiger partial charge is 0.251 e. The van der Waals surface area contributed by atoms with Crippen LogP contribution in [-0.4, -0.2) is 41.7 Å². The molecule has 198 valence electrons. The fourth-order valence-electron chi connectivity index (χ4n) is 7.89. The summed E-state index contributed by atoms with van der Waals surface area (Å²) in [6, 6.07) is 18.0. The fourth-order valence-corrected chi connectivity index (χ4v) is 8.04. The maximum atomic E-state index is 14.8. The van der Waals surface area contributed by atoms with Gasteiger partial charge >= 0.3 is 0 Å². The van der Waals surface area contributed by atoms with Gasteiger partial charge in [-0.25, -0.2) is 0 Å². The second-order valence-electron chi connectivity index (χ2n) is 10.7. The van der Waals surface area contributed by atoms with Crippen molar-refractivity contribution in [2.75, 3.05) is 23.8 Å². The maximum absolute atomic E-state index is 14.8. The van der Waals surface area contributed by atoms with Crippen molar-refractivity contribution in [2.24, 2.45) is 5.92 Å². The quantitative estimate of drug-likeness (QED) is 0.451.